The van der Waals surface area contributed by atoms with Crippen LogP contribution < -0.4 is 16.1 Å². The summed E-state index contributed by atoms with van der Waals surface area (Å²) in [7, 11) is 0. The van der Waals surface area contributed by atoms with Crippen molar-refractivity contribution in [2.45, 2.75) is 60.8 Å². The van der Waals surface area contributed by atoms with Gasteiger partial charge in [0.25, 0.3) is 5.91 Å². The maximum Gasteiger partial charge on any atom is 0.293 e. The van der Waals surface area contributed by atoms with Gasteiger partial charge in [0.1, 0.15) is 5.82 Å². The number of anilines is 1. The van der Waals surface area contributed by atoms with E-state index >= 15 is 0 Å². The molecule has 0 radical (unpaired) electrons. The van der Waals surface area contributed by atoms with Gasteiger partial charge in [0, 0.05) is 18.3 Å². The number of allylic oxidation sites excluding steroid dienone is 2. The smallest absolute Gasteiger partial charge is 0.293 e. The number of aromatic nitrogens is 1. The Morgan fingerprint density at radius 1 is 1.18 bits per heavy atom. The number of nitrogens with one attached hydrogen (secondary N) is 1. The lowest BCUT2D eigenvalue weighted by atomic mass is 9.90. The molecule has 0 spiro atoms. The first-order valence-corrected chi connectivity index (χ1v) is 11.5. The number of nitrogens with zero attached hydrogens (tertiary/aromatic N) is 3. The number of carbonyl (C=O) groups excluding carboxylic acids is 1. The monoisotopic (exact) mass is 445 g/mol. The summed E-state index contributed by atoms with van der Waals surface area (Å²) in [5.41, 5.74) is 14.9. The second-order valence-electron chi connectivity index (χ2n) is 9.03. The first-order chi connectivity index (χ1) is 15.6. The van der Waals surface area contributed by atoms with E-state index in [2.05, 4.69) is 70.7 Å². The molecule has 0 aliphatic carbocycles. The largest absolute Gasteiger partial charge is 0.378 e. The number of hydrazone groups is 1. The van der Waals surface area contributed by atoms with Crippen LogP contribution in [0.25, 0.3) is 5.57 Å². The van der Waals surface area contributed by atoms with Gasteiger partial charge in [-0.1, -0.05) is 39.8 Å². The van der Waals surface area contributed by atoms with E-state index in [4.69, 9.17) is 10.7 Å². The molecule has 6 heteroatoms. The summed E-state index contributed by atoms with van der Waals surface area (Å²) >= 11 is 0. The summed E-state index contributed by atoms with van der Waals surface area (Å²) < 4.78 is 0. The van der Waals surface area contributed by atoms with Gasteiger partial charge in [-0.3, -0.25) is 9.78 Å². The van der Waals surface area contributed by atoms with Crippen LogP contribution in [-0.2, 0) is 11.2 Å². The van der Waals surface area contributed by atoms with Crippen molar-refractivity contribution < 1.29 is 4.79 Å². The lowest BCUT2D eigenvalue weighted by molar-refractivity contribution is -0.114. The van der Waals surface area contributed by atoms with Crippen molar-refractivity contribution in [3.05, 3.63) is 76.4 Å². The van der Waals surface area contributed by atoms with Crippen LogP contribution in [0.5, 0.6) is 0 Å². The molecule has 3 rings (SSSR count). The van der Waals surface area contributed by atoms with Crippen molar-refractivity contribution in [3.63, 3.8) is 0 Å². The highest BCUT2D eigenvalue weighted by atomic mass is 16.2. The maximum atomic E-state index is 11.7. The molecule has 1 amide bonds. The fraction of sp³-hybridized carbons (Fsp3) is 0.370. The molecular weight excluding hydrogens is 410 g/mol. The molecular formula is C27H35N5O. The second kappa shape index (κ2) is 10.0. The average molecular weight is 446 g/mol. The number of amidine groups is 1. The van der Waals surface area contributed by atoms with Gasteiger partial charge in [-0.15, -0.1) is 5.10 Å². The van der Waals surface area contributed by atoms with Crippen LogP contribution in [0.2, 0.25) is 0 Å². The highest BCUT2D eigenvalue weighted by molar-refractivity contribution is 6.38. The Balaban J connectivity index is 1.95. The highest BCUT2D eigenvalue weighted by Gasteiger charge is 2.23. The molecule has 1 aromatic carbocycles. The Hall–Kier alpha value is -3.41. The van der Waals surface area contributed by atoms with Gasteiger partial charge in [0.05, 0.1) is 5.69 Å². The van der Waals surface area contributed by atoms with Gasteiger partial charge in [0.15, 0.2) is 0 Å². The summed E-state index contributed by atoms with van der Waals surface area (Å²) in [6.45, 7) is 16.9. The third-order valence-corrected chi connectivity index (χ3v) is 5.98. The van der Waals surface area contributed by atoms with Crippen LogP contribution in [0.15, 0.2) is 48.0 Å². The predicted octanol–water partition coefficient (Wildman–Crippen LogP) is 5.12. The van der Waals surface area contributed by atoms with E-state index in [-0.39, 0.29) is 5.84 Å². The number of amides is 1. The summed E-state index contributed by atoms with van der Waals surface area (Å²) in [6, 6.07) is 6.33. The van der Waals surface area contributed by atoms with Gasteiger partial charge in [-0.25, -0.2) is 5.01 Å². The van der Waals surface area contributed by atoms with Crippen LogP contribution in [0.1, 0.15) is 67.1 Å². The molecule has 1 aliphatic rings. The summed E-state index contributed by atoms with van der Waals surface area (Å²) in [6.07, 6.45) is 7.33. The van der Waals surface area contributed by atoms with Gasteiger partial charge in [-0.05, 0) is 84.7 Å². The van der Waals surface area contributed by atoms with E-state index in [1.165, 1.54) is 22.3 Å². The second-order valence-corrected chi connectivity index (χ2v) is 9.03. The van der Waals surface area contributed by atoms with Crippen molar-refractivity contribution in [2.75, 3.05) is 5.01 Å². The van der Waals surface area contributed by atoms with Gasteiger partial charge >= 0.3 is 0 Å². The Morgan fingerprint density at radius 3 is 2.45 bits per heavy atom. The van der Waals surface area contributed by atoms with Gasteiger partial charge < -0.3 is 11.1 Å². The molecule has 0 unspecified atom stereocenters. The third-order valence-electron chi connectivity index (χ3n) is 5.98. The number of hydrogen-bond donors (Lipinski definition) is 2. The third kappa shape index (κ3) is 5.33. The minimum absolute atomic E-state index is 0.0877. The standard InChI is InChI=1S/C27H35N5O/c1-8-9-10-23(16(2)3)25-14-21(29-15-19(25)6)13-24-17(4)11-22(12-18(24)5)32-20(7)30-27(33)26(28)31-32/h10-12,14-16H,7-9,13H2,1-6H3,(H2,28,31)(H,30,33)/b23-10-. The number of unbranched alkanes of at least 4 members (excludes halogenated alkanes) is 1. The molecule has 1 aliphatic heterocycles. The van der Waals surface area contributed by atoms with Crippen molar-refractivity contribution in [3.8, 4) is 0 Å². The topological polar surface area (TPSA) is 83.6 Å². The molecule has 2 heterocycles. The van der Waals surface area contributed by atoms with Crippen molar-refractivity contribution in [2.24, 2.45) is 16.8 Å². The molecule has 1 aromatic heterocycles. The molecule has 0 atom stereocenters. The van der Waals surface area contributed by atoms with E-state index in [1.807, 2.05) is 18.3 Å². The minimum Gasteiger partial charge on any atom is -0.378 e. The zero-order chi connectivity index (χ0) is 24.3. The minimum atomic E-state index is -0.434. The fourth-order valence-corrected chi connectivity index (χ4v) is 4.16. The first-order valence-electron chi connectivity index (χ1n) is 11.5. The van der Waals surface area contributed by atoms with Crippen molar-refractivity contribution >= 4 is 23.0 Å². The zero-order valence-corrected chi connectivity index (χ0v) is 20.6. The summed E-state index contributed by atoms with van der Waals surface area (Å²) in [5.74, 6) is 0.316. The Labute approximate surface area is 197 Å². The number of hydrogen-bond acceptors (Lipinski definition) is 5. The van der Waals surface area contributed by atoms with E-state index in [1.54, 1.807) is 5.01 Å². The summed E-state index contributed by atoms with van der Waals surface area (Å²) in [4.78, 5) is 16.5. The molecule has 0 saturated heterocycles. The Morgan fingerprint density at radius 2 is 1.85 bits per heavy atom. The number of nitrogens with two attached hydrogens (primary N) is 1. The predicted molar refractivity (Wildman–Crippen MR) is 137 cm³/mol. The lowest BCUT2D eigenvalue weighted by Gasteiger charge is -2.27. The summed E-state index contributed by atoms with van der Waals surface area (Å²) in [5, 5.41) is 8.39. The van der Waals surface area contributed by atoms with Gasteiger partial charge in [0.2, 0.25) is 5.84 Å². The number of rotatable bonds is 7. The Kier molecular flexibility index (Phi) is 7.36. The van der Waals surface area contributed by atoms with Gasteiger partial charge in [-0.2, -0.15) is 0 Å². The first kappa shape index (κ1) is 24.2. The Bertz CT molecular complexity index is 1120. The van der Waals surface area contributed by atoms with E-state index in [9.17, 15) is 4.79 Å². The molecule has 3 N–H and O–H groups in total. The number of benzene rings is 1. The van der Waals surface area contributed by atoms with Crippen LogP contribution in [0, 0.1) is 26.7 Å². The fourth-order valence-electron chi connectivity index (χ4n) is 4.16. The van der Waals surface area contributed by atoms with Crippen LogP contribution in [0.4, 0.5) is 5.69 Å². The molecule has 6 nitrogen and oxygen atoms in total. The van der Waals surface area contributed by atoms with Crippen LogP contribution >= 0.6 is 0 Å². The molecule has 0 bridgehead atoms. The molecule has 174 valence electrons. The van der Waals surface area contributed by atoms with Crippen molar-refractivity contribution in [1.29, 1.82) is 0 Å². The molecule has 33 heavy (non-hydrogen) atoms. The maximum absolute atomic E-state index is 11.7. The quantitative estimate of drug-likeness (QED) is 0.620. The highest BCUT2D eigenvalue weighted by Crippen LogP contribution is 2.30. The van der Waals surface area contributed by atoms with Crippen molar-refractivity contribution in [1.82, 2.24) is 10.3 Å². The van der Waals surface area contributed by atoms with E-state index < -0.39 is 5.91 Å². The lowest BCUT2D eigenvalue weighted by Crippen LogP contribution is -2.46. The van der Waals surface area contributed by atoms with Crippen LogP contribution in [0.3, 0.4) is 0 Å². The zero-order valence-electron chi connectivity index (χ0n) is 20.6. The normalized spacial score (nSPS) is 14.6. The molecule has 2 aromatic rings. The van der Waals surface area contributed by atoms with Crippen LogP contribution in [-0.4, -0.2) is 16.7 Å². The molecule has 0 saturated carbocycles. The van der Waals surface area contributed by atoms with E-state index in [0.717, 1.165) is 41.8 Å². The SMILES string of the molecule is C=C1NC(=O)C(N)=NN1c1cc(C)c(Cc2cc(/C(=C\CCC)C(C)C)c(C)cn2)c(C)c1. The number of aryl methyl sites for hydroxylation is 3. The number of pyridine rings is 1. The molecule has 0 fully saturated rings. The number of carbonyl (C=O) groups is 1. The average Bonchev–Trinajstić information content (AvgIpc) is 2.75. The van der Waals surface area contributed by atoms with E-state index in [0.29, 0.717) is 11.7 Å².